The first-order valence-electron chi connectivity index (χ1n) is 10.4. The molecule has 0 saturated carbocycles. The summed E-state index contributed by atoms with van der Waals surface area (Å²) in [6.45, 7) is -0.0208. The lowest BCUT2D eigenvalue weighted by Crippen LogP contribution is -2.42. The van der Waals surface area contributed by atoms with Crippen LogP contribution in [0, 0.1) is 0 Å². The summed E-state index contributed by atoms with van der Waals surface area (Å²) in [6.07, 6.45) is -3.17. The minimum absolute atomic E-state index is 0.0273. The predicted molar refractivity (Wildman–Crippen MR) is 123 cm³/mol. The number of alkyl halides is 3. The number of carbonyl (C=O) groups is 2. The molecule has 1 N–H and O–H groups in total. The summed E-state index contributed by atoms with van der Waals surface area (Å²) < 4.78 is 54.1. The van der Waals surface area contributed by atoms with E-state index in [4.69, 9.17) is 21.1 Å². The van der Waals surface area contributed by atoms with Gasteiger partial charge in [-0.1, -0.05) is 11.6 Å². The Bertz CT molecular complexity index is 1240. The molecule has 2 amide bonds. The number of benzene rings is 1. The van der Waals surface area contributed by atoms with Crippen molar-refractivity contribution < 1.29 is 32.2 Å². The van der Waals surface area contributed by atoms with E-state index in [1.165, 1.54) is 30.0 Å². The first-order valence-corrected chi connectivity index (χ1v) is 11.6. The van der Waals surface area contributed by atoms with Crippen LogP contribution in [0.15, 0.2) is 36.5 Å². The second-order valence-electron chi connectivity index (χ2n) is 7.54. The Labute approximate surface area is 207 Å². The molecule has 0 unspecified atom stereocenters. The highest BCUT2D eigenvalue weighted by molar-refractivity contribution is 7.17. The van der Waals surface area contributed by atoms with Crippen LogP contribution in [0.25, 0.3) is 5.69 Å². The Kier molecular flexibility index (Phi) is 7.45. The maximum absolute atomic E-state index is 14.0. The average Bonchev–Trinajstić information content (AvgIpc) is 3.43. The Morgan fingerprint density at radius 2 is 2.11 bits per heavy atom. The number of methoxy groups -OCH3 is 1. The molecule has 13 heteroatoms. The van der Waals surface area contributed by atoms with E-state index in [0.717, 1.165) is 22.3 Å². The average molecular weight is 529 g/mol. The number of hydrogen-bond donors (Lipinski definition) is 1. The molecule has 0 atom stereocenters. The quantitative estimate of drug-likeness (QED) is 0.500. The number of rotatable bonds is 7. The van der Waals surface area contributed by atoms with Gasteiger partial charge in [0.25, 0.3) is 11.8 Å². The van der Waals surface area contributed by atoms with Crippen molar-refractivity contribution in [1.82, 2.24) is 14.9 Å². The normalized spacial score (nSPS) is 14.4. The Morgan fingerprint density at radius 3 is 2.77 bits per heavy atom. The van der Waals surface area contributed by atoms with Gasteiger partial charge < -0.3 is 24.3 Å². The number of aromatic nitrogens is 2. The fourth-order valence-electron chi connectivity index (χ4n) is 3.61. The maximum Gasteiger partial charge on any atom is 0.418 e. The monoisotopic (exact) mass is 528 g/mol. The molecule has 1 saturated heterocycles. The lowest BCUT2D eigenvalue weighted by Gasteiger charge is -2.29. The van der Waals surface area contributed by atoms with E-state index in [-0.39, 0.29) is 50.2 Å². The molecule has 0 spiro atoms. The second-order valence-corrected chi connectivity index (χ2v) is 9.25. The molecule has 4 rings (SSSR count). The molecule has 35 heavy (non-hydrogen) atoms. The first-order chi connectivity index (χ1) is 16.7. The number of amides is 2. The van der Waals surface area contributed by atoms with Gasteiger partial charge in [-0.25, -0.2) is 4.98 Å². The number of nitrogens with one attached hydrogen (secondary N) is 1. The highest BCUT2D eigenvalue weighted by Gasteiger charge is 2.37. The maximum atomic E-state index is 14.0. The van der Waals surface area contributed by atoms with Gasteiger partial charge in [0.1, 0.15) is 19.0 Å². The SMILES string of the molecule is COCc1nc(CNC(=O)c2ccc(Cl)s2)cn1-c1ccc(N2CCOCC2=O)c(C(F)(F)F)c1. The lowest BCUT2D eigenvalue weighted by molar-refractivity contribution is -0.137. The number of carbonyl (C=O) groups excluding carboxylic acids is 2. The molecule has 0 bridgehead atoms. The van der Waals surface area contributed by atoms with E-state index < -0.39 is 17.6 Å². The van der Waals surface area contributed by atoms with Crippen molar-refractivity contribution in [2.45, 2.75) is 19.3 Å². The molecule has 1 aromatic carbocycles. The van der Waals surface area contributed by atoms with E-state index >= 15 is 0 Å². The van der Waals surface area contributed by atoms with Crippen LogP contribution in [0.2, 0.25) is 4.34 Å². The molecule has 0 radical (unpaired) electrons. The molecule has 3 aromatic rings. The van der Waals surface area contributed by atoms with E-state index in [0.29, 0.717) is 20.7 Å². The van der Waals surface area contributed by atoms with Crippen molar-refractivity contribution >= 4 is 40.4 Å². The number of ether oxygens (including phenoxy) is 2. The minimum Gasteiger partial charge on any atom is -0.377 e. The van der Waals surface area contributed by atoms with Crippen molar-refractivity contribution in [3.8, 4) is 5.69 Å². The zero-order valence-electron chi connectivity index (χ0n) is 18.4. The summed E-state index contributed by atoms with van der Waals surface area (Å²) in [4.78, 5) is 30.4. The molecule has 1 aliphatic rings. The van der Waals surface area contributed by atoms with Gasteiger partial charge in [0.05, 0.1) is 39.3 Å². The van der Waals surface area contributed by atoms with Crippen LogP contribution in [0.3, 0.4) is 0 Å². The lowest BCUT2D eigenvalue weighted by atomic mass is 10.1. The predicted octanol–water partition coefficient (Wildman–Crippen LogP) is 4.05. The van der Waals surface area contributed by atoms with Crippen molar-refractivity contribution in [3.63, 3.8) is 0 Å². The number of thiophene rings is 1. The van der Waals surface area contributed by atoms with Gasteiger partial charge in [0.15, 0.2) is 0 Å². The zero-order valence-corrected chi connectivity index (χ0v) is 20.0. The van der Waals surface area contributed by atoms with Gasteiger partial charge in [0, 0.05) is 25.5 Å². The highest BCUT2D eigenvalue weighted by atomic mass is 35.5. The van der Waals surface area contributed by atoms with Crippen molar-refractivity contribution in [3.05, 3.63) is 62.8 Å². The standard InChI is InChI=1S/C22H20ClF3N4O4S/c1-33-11-19-28-13(9-27-21(32)17-4-5-18(23)35-17)10-30(19)14-2-3-16(15(8-14)22(24,25)26)29-6-7-34-12-20(29)31/h2-5,8,10H,6-7,9,11-12H2,1H3,(H,27,32). The summed E-state index contributed by atoms with van der Waals surface area (Å²) in [5.41, 5.74) is -0.574. The molecule has 186 valence electrons. The van der Waals surface area contributed by atoms with Crippen LogP contribution < -0.4 is 10.2 Å². The third-order valence-electron chi connectivity index (χ3n) is 5.17. The number of imidazole rings is 1. The number of halogens is 4. The molecule has 3 heterocycles. The zero-order chi connectivity index (χ0) is 25.2. The number of anilines is 1. The van der Waals surface area contributed by atoms with Crippen LogP contribution in [-0.2, 0) is 33.6 Å². The molecular weight excluding hydrogens is 509 g/mol. The largest absolute Gasteiger partial charge is 0.418 e. The van der Waals surface area contributed by atoms with E-state index in [2.05, 4.69) is 10.3 Å². The van der Waals surface area contributed by atoms with Crippen molar-refractivity contribution in [1.29, 1.82) is 0 Å². The Balaban J connectivity index is 1.64. The fraction of sp³-hybridized carbons (Fsp3) is 0.318. The summed E-state index contributed by atoms with van der Waals surface area (Å²) in [7, 11) is 1.44. The van der Waals surface area contributed by atoms with Gasteiger partial charge in [-0.05, 0) is 30.3 Å². The van der Waals surface area contributed by atoms with Crippen LogP contribution in [0.5, 0.6) is 0 Å². The summed E-state index contributed by atoms with van der Waals surface area (Å²) in [5.74, 6) is -0.537. The van der Waals surface area contributed by atoms with E-state index in [9.17, 15) is 22.8 Å². The third-order valence-corrected chi connectivity index (χ3v) is 6.40. The summed E-state index contributed by atoms with van der Waals surface area (Å²) in [5, 5.41) is 2.72. The van der Waals surface area contributed by atoms with E-state index in [1.54, 1.807) is 12.1 Å². The molecule has 2 aromatic heterocycles. The molecule has 0 aliphatic carbocycles. The minimum atomic E-state index is -4.70. The summed E-state index contributed by atoms with van der Waals surface area (Å²) >= 11 is 6.99. The number of hydrogen-bond acceptors (Lipinski definition) is 6. The fourth-order valence-corrected chi connectivity index (χ4v) is 4.57. The van der Waals surface area contributed by atoms with Crippen molar-refractivity contribution in [2.75, 3.05) is 31.8 Å². The first kappa shape index (κ1) is 25.2. The number of morpholine rings is 1. The van der Waals surface area contributed by atoms with Gasteiger partial charge in [0.2, 0.25) is 0 Å². The number of nitrogens with zero attached hydrogens (tertiary/aromatic N) is 3. The molecule has 8 nitrogen and oxygen atoms in total. The van der Waals surface area contributed by atoms with Gasteiger partial charge >= 0.3 is 6.18 Å². The smallest absolute Gasteiger partial charge is 0.377 e. The van der Waals surface area contributed by atoms with Gasteiger partial charge in [-0.15, -0.1) is 11.3 Å². The van der Waals surface area contributed by atoms with Crippen LogP contribution in [0.1, 0.15) is 26.8 Å². The van der Waals surface area contributed by atoms with Gasteiger partial charge in [-0.2, -0.15) is 13.2 Å². The van der Waals surface area contributed by atoms with Gasteiger partial charge in [-0.3, -0.25) is 9.59 Å². The molecular formula is C22H20ClF3N4O4S. The van der Waals surface area contributed by atoms with Crippen molar-refractivity contribution in [2.24, 2.45) is 0 Å². The topological polar surface area (TPSA) is 85.7 Å². The van der Waals surface area contributed by atoms with E-state index in [1.807, 2.05) is 0 Å². The van der Waals surface area contributed by atoms with Crippen LogP contribution in [-0.4, -0.2) is 48.2 Å². The Hall–Kier alpha value is -2.93. The third kappa shape index (κ3) is 5.67. The highest BCUT2D eigenvalue weighted by Crippen LogP contribution is 2.38. The second kappa shape index (κ2) is 10.4. The summed E-state index contributed by atoms with van der Waals surface area (Å²) in [6, 6.07) is 6.91. The van der Waals surface area contributed by atoms with Crippen LogP contribution in [0.4, 0.5) is 18.9 Å². The molecule has 1 aliphatic heterocycles. The molecule has 1 fully saturated rings. The Morgan fingerprint density at radius 1 is 1.31 bits per heavy atom. The van der Waals surface area contributed by atoms with Crippen LogP contribution >= 0.6 is 22.9 Å².